The summed E-state index contributed by atoms with van der Waals surface area (Å²) in [5.74, 6) is 4.26. The highest BCUT2D eigenvalue weighted by molar-refractivity contribution is 14.0. The largest absolute Gasteiger partial charge is 0.469 e. The maximum Gasteiger partial charge on any atom is 0.191 e. The van der Waals surface area contributed by atoms with Gasteiger partial charge in [-0.15, -0.1) is 24.0 Å². The number of hydrogen-bond acceptors (Lipinski definition) is 4. The van der Waals surface area contributed by atoms with Crippen LogP contribution in [0, 0.1) is 0 Å². The van der Waals surface area contributed by atoms with E-state index in [4.69, 9.17) is 4.42 Å². The van der Waals surface area contributed by atoms with E-state index in [0.717, 1.165) is 68.7 Å². The van der Waals surface area contributed by atoms with Crippen molar-refractivity contribution in [1.29, 1.82) is 0 Å². The van der Waals surface area contributed by atoms with Gasteiger partial charge < -0.3 is 15.1 Å². The van der Waals surface area contributed by atoms with Crippen LogP contribution < -0.4 is 10.6 Å². The summed E-state index contributed by atoms with van der Waals surface area (Å²) in [5, 5.41) is 11.6. The SMILES string of the molecule is CCCN=C(NCCc1ccco1)NC1CCc2nc(C(C)C)nn2C1.I. The molecular formula is C19H31IN6O. The zero-order chi connectivity index (χ0) is 18.4. The van der Waals surface area contributed by atoms with Crippen LogP contribution in [0.3, 0.4) is 0 Å². The predicted octanol–water partition coefficient (Wildman–Crippen LogP) is 3.12. The zero-order valence-electron chi connectivity index (χ0n) is 16.4. The molecule has 1 unspecified atom stereocenters. The van der Waals surface area contributed by atoms with Crippen LogP contribution in [0.5, 0.6) is 0 Å². The summed E-state index contributed by atoms with van der Waals surface area (Å²) in [5.41, 5.74) is 0. The summed E-state index contributed by atoms with van der Waals surface area (Å²) in [6, 6.07) is 4.23. The Balaban J connectivity index is 0.00000261. The van der Waals surface area contributed by atoms with Crippen molar-refractivity contribution in [2.24, 2.45) is 4.99 Å². The number of nitrogens with zero attached hydrogens (tertiary/aromatic N) is 4. The van der Waals surface area contributed by atoms with Gasteiger partial charge in [0.05, 0.1) is 12.8 Å². The van der Waals surface area contributed by atoms with Crippen LogP contribution in [0.1, 0.15) is 56.9 Å². The van der Waals surface area contributed by atoms with Crippen molar-refractivity contribution in [2.75, 3.05) is 13.1 Å². The Kier molecular flexibility index (Phi) is 8.59. The van der Waals surface area contributed by atoms with E-state index in [9.17, 15) is 0 Å². The van der Waals surface area contributed by atoms with Gasteiger partial charge in [-0.1, -0.05) is 20.8 Å². The van der Waals surface area contributed by atoms with E-state index in [1.807, 2.05) is 12.1 Å². The third-order valence-corrected chi connectivity index (χ3v) is 4.47. The number of aromatic nitrogens is 3. The van der Waals surface area contributed by atoms with Gasteiger partial charge in [0.25, 0.3) is 0 Å². The van der Waals surface area contributed by atoms with Gasteiger partial charge in [0.1, 0.15) is 11.6 Å². The molecule has 2 aromatic heterocycles. The molecule has 8 heteroatoms. The molecule has 27 heavy (non-hydrogen) atoms. The third kappa shape index (κ3) is 6.22. The molecule has 0 saturated heterocycles. The molecule has 0 saturated carbocycles. The van der Waals surface area contributed by atoms with Crippen molar-refractivity contribution in [3.8, 4) is 0 Å². The van der Waals surface area contributed by atoms with Crippen molar-refractivity contribution in [1.82, 2.24) is 25.4 Å². The normalized spacial score (nSPS) is 16.7. The molecule has 3 rings (SSSR count). The van der Waals surface area contributed by atoms with E-state index in [1.54, 1.807) is 6.26 Å². The first kappa shape index (κ1) is 21.7. The Morgan fingerprint density at radius 3 is 3.00 bits per heavy atom. The van der Waals surface area contributed by atoms with Crippen molar-refractivity contribution < 1.29 is 4.42 Å². The average Bonchev–Trinajstić information content (AvgIpc) is 3.28. The van der Waals surface area contributed by atoms with E-state index in [2.05, 4.69) is 51.2 Å². The number of hydrogen-bond donors (Lipinski definition) is 2. The van der Waals surface area contributed by atoms with Gasteiger partial charge in [0, 0.05) is 37.9 Å². The summed E-state index contributed by atoms with van der Waals surface area (Å²) in [7, 11) is 0. The molecule has 0 amide bonds. The van der Waals surface area contributed by atoms with Crippen molar-refractivity contribution in [2.45, 2.75) is 65.0 Å². The number of nitrogens with one attached hydrogen (secondary N) is 2. The second-order valence-electron chi connectivity index (χ2n) is 7.09. The second-order valence-corrected chi connectivity index (χ2v) is 7.09. The number of furan rings is 1. The summed E-state index contributed by atoms with van der Waals surface area (Å²) in [4.78, 5) is 9.32. The number of fused-ring (bicyclic) bond motifs is 1. The highest BCUT2D eigenvalue weighted by atomic mass is 127. The summed E-state index contributed by atoms with van der Waals surface area (Å²) in [6.45, 7) is 8.85. The molecule has 2 N–H and O–H groups in total. The Hall–Kier alpha value is -1.58. The molecule has 1 atom stereocenters. The number of halogens is 1. The van der Waals surface area contributed by atoms with Gasteiger partial charge >= 0.3 is 0 Å². The van der Waals surface area contributed by atoms with Gasteiger partial charge in [-0.2, -0.15) is 5.10 Å². The Morgan fingerprint density at radius 1 is 1.44 bits per heavy atom. The standard InChI is InChI=1S/C19H30N6O.HI/c1-4-10-20-19(21-11-9-16-6-5-12-26-16)22-15-7-8-17-23-18(14(2)3)24-25(17)13-15;/h5-6,12,14-15H,4,7-11,13H2,1-3H3,(H2,20,21,22);1H. The van der Waals surface area contributed by atoms with Gasteiger partial charge in [-0.05, 0) is 25.0 Å². The van der Waals surface area contributed by atoms with Crippen molar-refractivity contribution in [3.05, 3.63) is 35.8 Å². The quantitative estimate of drug-likeness (QED) is 0.357. The molecule has 7 nitrogen and oxygen atoms in total. The molecule has 0 bridgehead atoms. The third-order valence-electron chi connectivity index (χ3n) is 4.47. The Labute approximate surface area is 178 Å². The maximum atomic E-state index is 5.39. The van der Waals surface area contributed by atoms with Crippen LogP contribution in [0.25, 0.3) is 0 Å². The lowest BCUT2D eigenvalue weighted by Crippen LogP contribution is -2.47. The fraction of sp³-hybridized carbons (Fsp3) is 0.632. The number of guanidine groups is 1. The van der Waals surface area contributed by atoms with E-state index in [0.29, 0.717) is 12.0 Å². The molecule has 3 heterocycles. The lowest BCUT2D eigenvalue weighted by atomic mass is 10.1. The second kappa shape index (κ2) is 10.7. The van der Waals surface area contributed by atoms with Crippen LogP contribution in [0.15, 0.2) is 27.8 Å². The number of aliphatic imine (C=N–C) groups is 1. The monoisotopic (exact) mass is 486 g/mol. The first-order valence-electron chi connectivity index (χ1n) is 9.66. The van der Waals surface area contributed by atoms with Crippen LogP contribution in [0.2, 0.25) is 0 Å². The highest BCUT2D eigenvalue weighted by Gasteiger charge is 2.23. The molecule has 150 valence electrons. The first-order valence-corrected chi connectivity index (χ1v) is 9.66. The molecule has 0 spiro atoms. The molecular weight excluding hydrogens is 455 g/mol. The minimum Gasteiger partial charge on any atom is -0.469 e. The fourth-order valence-corrected chi connectivity index (χ4v) is 3.02. The minimum absolute atomic E-state index is 0. The highest BCUT2D eigenvalue weighted by Crippen LogP contribution is 2.16. The summed E-state index contributed by atoms with van der Waals surface area (Å²) < 4.78 is 7.44. The van der Waals surface area contributed by atoms with Gasteiger partial charge in [-0.3, -0.25) is 4.99 Å². The topological polar surface area (TPSA) is 80.3 Å². The molecule has 0 radical (unpaired) electrons. The van der Waals surface area contributed by atoms with E-state index < -0.39 is 0 Å². The van der Waals surface area contributed by atoms with Gasteiger partial charge in [-0.25, -0.2) is 9.67 Å². The van der Waals surface area contributed by atoms with Gasteiger partial charge in [0.2, 0.25) is 0 Å². The van der Waals surface area contributed by atoms with Crippen LogP contribution in [0.4, 0.5) is 0 Å². The summed E-state index contributed by atoms with van der Waals surface area (Å²) >= 11 is 0. The minimum atomic E-state index is 0. The fourth-order valence-electron chi connectivity index (χ4n) is 3.02. The molecule has 0 fully saturated rings. The molecule has 1 aliphatic rings. The number of aryl methyl sites for hydroxylation is 1. The smallest absolute Gasteiger partial charge is 0.191 e. The van der Waals surface area contributed by atoms with E-state index in [-0.39, 0.29) is 24.0 Å². The van der Waals surface area contributed by atoms with E-state index >= 15 is 0 Å². The predicted molar refractivity (Wildman–Crippen MR) is 118 cm³/mol. The molecule has 0 aliphatic carbocycles. The average molecular weight is 486 g/mol. The first-order chi connectivity index (χ1) is 12.7. The lowest BCUT2D eigenvalue weighted by molar-refractivity contribution is 0.391. The van der Waals surface area contributed by atoms with Crippen molar-refractivity contribution in [3.63, 3.8) is 0 Å². The summed E-state index contributed by atoms with van der Waals surface area (Å²) in [6.07, 6.45) is 5.57. The molecule has 2 aromatic rings. The van der Waals surface area contributed by atoms with Gasteiger partial charge in [0.15, 0.2) is 11.8 Å². The zero-order valence-corrected chi connectivity index (χ0v) is 18.8. The van der Waals surface area contributed by atoms with E-state index in [1.165, 1.54) is 0 Å². The lowest BCUT2D eigenvalue weighted by Gasteiger charge is -2.25. The molecule has 1 aliphatic heterocycles. The number of rotatable bonds is 7. The van der Waals surface area contributed by atoms with Crippen molar-refractivity contribution >= 4 is 29.9 Å². The van der Waals surface area contributed by atoms with Crippen LogP contribution in [-0.4, -0.2) is 39.9 Å². The molecule has 0 aromatic carbocycles. The maximum absolute atomic E-state index is 5.39. The van der Waals surface area contributed by atoms with Crippen LogP contribution in [-0.2, 0) is 19.4 Å². The van der Waals surface area contributed by atoms with Crippen LogP contribution >= 0.6 is 24.0 Å². The Morgan fingerprint density at radius 2 is 2.30 bits per heavy atom. The Bertz CT molecular complexity index is 710.